The summed E-state index contributed by atoms with van der Waals surface area (Å²) in [6.45, 7) is 0. The summed E-state index contributed by atoms with van der Waals surface area (Å²) >= 11 is 0. The van der Waals surface area contributed by atoms with Crippen LogP contribution in [0.4, 0.5) is 0 Å². The summed E-state index contributed by atoms with van der Waals surface area (Å²) in [6.07, 6.45) is -6.91. The molecule has 1 aliphatic rings. The summed E-state index contributed by atoms with van der Waals surface area (Å²) in [7, 11) is 0. The summed E-state index contributed by atoms with van der Waals surface area (Å²) in [5, 5.41) is 179. The molecule has 17 N–H and O–H groups in total. The molecule has 0 bridgehead atoms. The number of hydrogen-bond acceptors (Lipinski definition) is 22. The molecule has 22 nitrogen and oxygen atoms in total. The van der Waals surface area contributed by atoms with Gasteiger partial charge in [-0.15, -0.1) is 0 Å². The van der Waals surface area contributed by atoms with Crippen molar-refractivity contribution in [3.8, 4) is 103 Å². The van der Waals surface area contributed by atoms with Crippen molar-refractivity contribution >= 4 is 11.9 Å². The van der Waals surface area contributed by atoms with Gasteiger partial charge in [0.15, 0.2) is 75.1 Å². The first-order valence-corrected chi connectivity index (χ1v) is 18.9. The van der Waals surface area contributed by atoms with Crippen molar-refractivity contribution < 1.29 is 111 Å². The van der Waals surface area contributed by atoms with Gasteiger partial charge in [0.05, 0.1) is 17.0 Å². The molecule has 0 fully saturated rings. The average Bonchev–Trinajstić information content (AvgIpc) is 3.24. The van der Waals surface area contributed by atoms with E-state index in [2.05, 4.69) is 0 Å². The average molecular weight is 917 g/mol. The number of esters is 2. The highest BCUT2D eigenvalue weighted by molar-refractivity contribution is 5.92. The van der Waals surface area contributed by atoms with Gasteiger partial charge in [-0.3, -0.25) is 0 Å². The van der Waals surface area contributed by atoms with Gasteiger partial charge >= 0.3 is 11.9 Å². The molecule has 1 heterocycles. The zero-order valence-electron chi connectivity index (χ0n) is 33.2. The van der Waals surface area contributed by atoms with Crippen molar-refractivity contribution in [2.75, 3.05) is 0 Å². The van der Waals surface area contributed by atoms with Crippen molar-refractivity contribution in [1.29, 1.82) is 0 Å². The summed E-state index contributed by atoms with van der Waals surface area (Å²) in [6, 6.07) is 8.49. The zero-order valence-corrected chi connectivity index (χ0v) is 33.2. The molecule has 0 aromatic heterocycles. The molecule has 0 aliphatic carbocycles. The number of ether oxygens (including phenoxy) is 3. The Morgan fingerprint density at radius 1 is 0.515 bits per heavy atom. The van der Waals surface area contributed by atoms with Crippen LogP contribution in [-0.2, 0) is 22.3 Å². The molecule has 66 heavy (non-hydrogen) atoms. The first-order chi connectivity index (χ1) is 31.0. The van der Waals surface area contributed by atoms with Crippen LogP contribution in [0, 0.1) is 0 Å². The van der Waals surface area contributed by atoms with Gasteiger partial charge in [-0.1, -0.05) is 0 Å². The smallest absolute Gasteiger partial charge is 0.338 e. The Bertz CT molecular complexity index is 2850. The highest BCUT2D eigenvalue weighted by Gasteiger charge is 2.43. The Hall–Kier alpha value is -9.34. The van der Waals surface area contributed by atoms with Gasteiger partial charge in [0.2, 0.25) is 0 Å². The third-order valence-electron chi connectivity index (χ3n) is 10.6. The maximum atomic E-state index is 14.0. The molecule has 1 aliphatic heterocycles. The van der Waals surface area contributed by atoms with Crippen LogP contribution in [0.15, 0.2) is 66.7 Å². The second-order valence-electron chi connectivity index (χ2n) is 15.0. The zero-order chi connectivity index (χ0) is 48.2. The van der Waals surface area contributed by atoms with E-state index >= 15 is 0 Å². The molecule has 7 rings (SSSR count). The number of carbonyl (C=O) groups is 2. The number of aromatic hydroxyl groups is 17. The molecule has 0 unspecified atom stereocenters. The summed E-state index contributed by atoms with van der Waals surface area (Å²) in [5.74, 6) is -21.0. The molecule has 344 valence electrons. The SMILES string of the molecule is O=C(O[C@@H](Cc1c(O)cc(O)cc1O)[C@H](c1cc(O)c(O)c(O)c1)c1c(O)cc(O)c2c1O[C@@H](c1cc(O)c(O)c(O)c1)[C@@H](OC(=O)c1cc(O)c(O)c(O)c1)C2)c1cc(O)c(O)c(O)c1. The number of fused-ring (bicyclic) bond motifs is 1. The van der Waals surface area contributed by atoms with Gasteiger partial charge in [-0.05, 0) is 54.1 Å². The van der Waals surface area contributed by atoms with E-state index in [1.54, 1.807) is 0 Å². The lowest BCUT2D eigenvalue weighted by atomic mass is 9.80. The fourth-order valence-corrected chi connectivity index (χ4v) is 7.50. The van der Waals surface area contributed by atoms with Crippen LogP contribution in [0.3, 0.4) is 0 Å². The maximum absolute atomic E-state index is 14.0. The highest BCUT2D eigenvalue weighted by atomic mass is 16.6. The number of benzene rings is 6. The van der Waals surface area contributed by atoms with E-state index in [1.165, 1.54) is 0 Å². The van der Waals surface area contributed by atoms with Crippen LogP contribution in [-0.4, -0.2) is 111 Å². The minimum Gasteiger partial charge on any atom is -0.508 e. The van der Waals surface area contributed by atoms with E-state index in [1.807, 2.05) is 0 Å². The minimum atomic E-state index is -1.99. The third-order valence-corrected chi connectivity index (χ3v) is 10.6. The first kappa shape index (κ1) is 44.7. The largest absolute Gasteiger partial charge is 0.508 e. The van der Waals surface area contributed by atoms with Gasteiger partial charge in [0, 0.05) is 53.3 Å². The Labute approximate surface area is 368 Å². The first-order valence-electron chi connectivity index (χ1n) is 18.9. The van der Waals surface area contributed by atoms with Crippen molar-refractivity contribution in [3.63, 3.8) is 0 Å². The monoisotopic (exact) mass is 916 g/mol. The van der Waals surface area contributed by atoms with E-state index in [-0.39, 0.29) is 16.7 Å². The Morgan fingerprint density at radius 3 is 1.44 bits per heavy atom. The van der Waals surface area contributed by atoms with E-state index in [0.717, 1.165) is 54.6 Å². The number of carbonyl (C=O) groups excluding carboxylic acids is 2. The molecule has 0 saturated carbocycles. The van der Waals surface area contributed by atoms with Crippen molar-refractivity contribution in [2.45, 2.75) is 37.1 Å². The van der Waals surface area contributed by atoms with E-state index in [0.29, 0.717) is 12.1 Å². The molecule has 0 saturated heterocycles. The Kier molecular flexibility index (Phi) is 11.3. The molecule has 4 atom stereocenters. The topological polar surface area (TPSA) is 406 Å². The van der Waals surface area contributed by atoms with Crippen LogP contribution >= 0.6 is 0 Å². The fraction of sp³-hybridized carbons (Fsp3) is 0.136. The lowest BCUT2D eigenvalue weighted by Crippen LogP contribution is -2.36. The normalized spacial score (nSPS) is 15.2. The lowest BCUT2D eigenvalue weighted by Gasteiger charge is -2.37. The van der Waals surface area contributed by atoms with E-state index in [4.69, 9.17) is 14.2 Å². The molecule has 6 aromatic rings. The highest BCUT2D eigenvalue weighted by Crippen LogP contribution is 2.54. The number of rotatable bonds is 10. The number of phenols is 17. The van der Waals surface area contributed by atoms with Gasteiger partial charge in [-0.25, -0.2) is 9.59 Å². The molecule has 22 heteroatoms. The predicted octanol–water partition coefficient (Wildman–Crippen LogP) is 4.18. The molecule has 6 aromatic carbocycles. The van der Waals surface area contributed by atoms with Gasteiger partial charge in [0.25, 0.3) is 0 Å². The summed E-state index contributed by atoms with van der Waals surface area (Å²) < 4.78 is 18.0. The van der Waals surface area contributed by atoms with Gasteiger partial charge < -0.3 is 101 Å². The predicted molar refractivity (Wildman–Crippen MR) is 218 cm³/mol. The standard InChI is InChI=1S/C44H36O22/c45-18-9-21(46)19(22(47)10-18)11-33(64-43(62)16-5-29(54)39(60)30(55)6-16)35(14-1-25(50)37(58)26(51)2-14)36-24(49)13-23(48)20-12-34(65-44(63)17-7-31(56)40(61)32(57)8-17)41(66-42(20)36)15-3-27(52)38(59)28(53)4-15/h1-10,13,33-35,41,45-61H,11-12H2/t33-,34-,35-,41-/m0/s1. The van der Waals surface area contributed by atoms with Crippen LogP contribution < -0.4 is 4.74 Å². The minimum absolute atomic E-state index is 0.276. The number of hydrogen-bond donors (Lipinski definition) is 17. The van der Waals surface area contributed by atoms with E-state index in [9.17, 15) is 96.4 Å². The fourth-order valence-electron chi connectivity index (χ4n) is 7.50. The Morgan fingerprint density at radius 2 is 0.955 bits per heavy atom. The molecular weight excluding hydrogens is 880 g/mol. The van der Waals surface area contributed by atoms with Crippen molar-refractivity contribution in [3.05, 3.63) is 106 Å². The van der Waals surface area contributed by atoms with Gasteiger partial charge in [-0.2, -0.15) is 0 Å². The molecule has 0 radical (unpaired) electrons. The molecule has 0 spiro atoms. The lowest BCUT2D eigenvalue weighted by molar-refractivity contribution is -0.0197. The Balaban J connectivity index is 1.48. The summed E-state index contributed by atoms with van der Waals surface area (Å²) in [4.78, 5) is 27.6. The second kappa shape index (κ2) is 16.7. The second-order valence-corrected chi connectivity index (χ2v) is 15.0. The van der Waals surface area contributed by atoms with Crippen LogP contribution in [0.2, 0.25) is 0 Å². The molecule has 0 amide bonds. The third kappa shape index (κ3) is 8.19. The van der Waals surface area contributed by atoms with Crippen molar-refractivity contribution in [1.82, 2.24) is 0 Å². The van der Waals surface area contributed by atoms with Crippen LogP contribution in [0.5, 0.6) is 103 Å². The number of phenolic OH excluding ortho intramolecular Hbond substituents is 17. The quantitative estimate of drug-likeness (QED) is 0.0676. The molecular formula is C44H36O22. The van der Waals surface area contributed by atoms with Crippen LogP contribution in [0.1, 0.15) is 60.6 Å². The van der Waals surface area contributed by atoms with Gasteiger partial charge in [0.1, 0.15) is 46.7 Å². The maximum Gasteiger partial charge on any atom is 0.338 e. The van der Waals surface area contributed by atoms with Crippen molar-refractivity contribution in [2.24, 2.45) is 0 Å². The van der Waals surface area contributed by atoms with Crippen LogP contribution in [0.25, 0.3) is 0 Å². The van der Waals surface area contributed by atoms with E-state index < -0.39 is 175 Å². The summed E-state index contributed by atoms with van der Waals surface area (Å²) in [5.41, 5.74) is -3.16.